The van der Waals surface area contributed by atoms with Crippen LogP contribution in [0.25, 0.3) is 0 Å². The first-order valence-corrected chi connectivity index (χ1v) is 12.1. The maximum Gasteiger partial charge on any atom is 0.313 e. The minimum Gasteiger partial charge on any atom is -0.465 e. The number of carbonyl (C=O) groups is 2. The average Bonchev–Trinajstić information content (AvgIpc) is 3.13. The van der Waals surface area contributed by atoms with Gasteiger partial charge in [0, 0.05) is 11.2 Å². The quantitative estimate of drug-likeness (QED) is 0.303. The van der Waals surface area contributed by atoms with E-state index in [2.05, 4.69) is 6.92 Å². The summed E-state index contributed by atoms with van der Waals surface area (Å²) in [5.74, 6) is -0.489. The summed E-state index contributed by atoms with van der Waals surface area (Å²) < 4.78 is 19.3. The molecule has 0 N–H and O–H groups in total. The van der Waals surface area contributed by atoms with E-state index in [0.717, 1.165) is 61.6 Å². The molecule has 1 atom stereocenters. The lowest BCUT2D eigenvalue weighted by Gasteiger charge is -2.24. The molecule has 150 valence electrons. The van der Waals surface area contributed by atoms with E-state index in [1.807, 2.05) is 32.9 Å². The monoisotopic (exact) mass is 392 g/mol. The molecule has 27 heavy (non-hydrogen) atoms. The van der Waals surface area contributed by atoms with Crippen molar-refractivity contribution in [2.75, 3.05) is 12.8 Å². The highest BCUT2D eigenvalue weighted by Crippen LogP contribution is 2.59. The lowest BCUT2D eigenvalue weighted by Crippen LogP contribution is -2.22. The Kier molecular flexibility index (Phi) is 7.85. The lowest BCUT2D eigenvalue weighted by molar-refractivity contribution is -0.140. The van der Waals surface area contributed by atoms with E-state index in [1.54, 1.807) is 0 Å². The molecule has 1 aromatic carbocycles. The van der Waals surface area contributed by atoms with Gasteiger partial charge in [-0.15, -0.1) is 0 Å². The zero-order chi connectivity index (χ0) is 20.0. The van der Waals surface area contributed by atoms with E-state index in [-0.39, 0.29) is 17.3 Å². The van der Waals surface area contributed by atoms with E-state index >= 15 is 0 Å². The largest absolute Gasteiger partial charge is 0.465 e. The molecule has 0 aromatic heterocycles. The number of esters is 1. The third kappa shape index (κ3) is 5.31. The summed E-state index contributed by atoms with van der Waals surface area (Å²) in [5, 5.41) is 0. The van der Waals surface area contributed by atoms with Crippen LogP contribution in [0.1, 0.15) is 78.9 Å². The number of hydrogen-bond acceptors (Lipinski definition) is 4. The van der Waals surface area contributed by atoms with Gasteiger partial charge in [-0.3, -0.25) is 9.59 Å². The van der Waals surface area contributed by atoms with Gasteiger partial charge in [0.2, 0.25) is 5.52 Å². The fourth-order valence-electron chi connectivity index (χ4n) is 4.17. The van der Waals surface area contributed by atoms with Gasteiger partial charge >= 0.3 is 5.97 Å². The summed E-state index contributed by atoms with van der Waals surface area (Å²) >= 11 is 0. The average molecular weight is 392 g/mol. The second-order valence-corrected chi connectivity index (χ2v) is 10.9. The highest BCUT2D eigenvalue weighted by molar-refractivity contribution is 7.82. The van der Waals surface area contributed by atoms with Gasteiger partial charge in [-0.2, -0.15) is 0 Å². The maximum atomic E-state index is 14.0. The first-order chi connectivity index (χ1) is 12.8. The Bertz CT molecular complexity index is 709. The molecule has 1 aliphatic rings. The molecule has 0 amide bonds. The SMILES string of the molecule is CCCCCOC(=O)CP(=O)(C(=O)c1c(C)cc(C)cc1C)C1CCCC1. The van der Waals surface area contributed by atoms with Crippen molar-refractivity contribution in [3.63, 3.8) is 0 Å². The molecule has 2 rings (SSSR count). The molecule has 0 bridgehead atoms. The first kappa shape index (κ1) is 21.9. The summed E-state index contributed by atoms with van der Waals surface area (Å²) in [4.78, 5) is 25.8. The van der Waals surface area contributed by atoms with Gasteiger partial charge in [0.05, 0.1) is 6.61 Å². The van der Waals surface area contributed by atoms with Gasteiger partial charge in [0.15, 0.2) is 7.14 Å². The molecule has 4 nitrogen and oxygen atoms in total. The Morgan fingerprint density at radius 2 is 1.67 bits per heavy atom. The number of unbranched alkanes of at least 4 members (excludes halogenated alkanes) is 2. The molecule has 0 aliphatic heterocycles. The Morgan fingerprint density at radius 1 is 1.07 bits per heavy atom. The van der Waals surface area contributed by atoms with Gasteiger partial charge in [-0.1, -0.05) is 50.3 Å². The highest BCUT2D eigenvalue weighted by Gasteiger charge is 2.44. The minimum atomic E-state index is -3.37. The van der Waals surface area contributed by atoms with Crippen LogP contribution in [0, 0.1) is 20.8 Å². The predicted molar refractivity (Wildman–Crippen MR) is 110 cm³/mol. The Hall–Kier alpha value is -1.41. The van der Waals surface area contributed by atoms with Gasteiger partial charge in [-0.05, 0) is 51.2 Å². The van der Waals surface area contributed by atoms with Crippen LogP contribution in [0.4, 0.5) is 0 Å². The molecule has 1 unspecified atom stereocenters. The van der Waals surface area contributed by atoms with Crippen molar-refractivity contribution in [3.05, 3.63) is 34.4 Å². The smallest absolute Gasteiger partial charge is 0.313 e. The second-order valence-electron chi connectivity index (χ2n) is 7.90. The molecule has 0 saturated heterocycles. The standard InChI is InChI=1S/C22H33O4P/c1-5-6-9-12-26-20(23)15-27(25,19-10-7-8-11-19)22(24)21-17(3)13-16(2)14-18(21)4/h13-14,19H,5-12,15H2,1-4H3. The zero-order valence-corrected chi connectivity index (χ0v) is 18.1. The molecule has 1 aliphatic carbocycles. The number of rotatable bonds is 9. The first-order valence-electron chi connectivity index (χ1n) is 10.2. The summed E-state index contributed by atoms with van der Waals surface area (Å²) in [5.41, 5.74) is 2.78. The fraction of sp³-hybridized carbons (Fsp3) is 0.636. The molecule has 1 aromatic rings. The number of hydrogen-bond donors (Lipinski definition) is 0. The Balaban J connectivity index is 2.27. The normalized spacial score (nSPS) is 16.9. The third-order valence-electron chi connectivity index (χ3n) is 5.52. The van der Waals surface area contributed by atoms with Crippen LogP contribution in [0.2, 0.25) is 0 Å². The summed E-state index contributed by atoms with van der Waals surface area (Å²) in [6.07, 6.45) is 6.05. The zero-order valence-electron chi connectivity index (χ0n) is 17.2. The second kappa shape index (κ2) is 9.68. The van der Waals surface area contributed by atoms with Crippen LogP contribution in [-0.2, 0) is 14.1 Å². The van der Waals surface area contributed by atoms with E-state index in [4.69, 9.17) is 4.74 Å². The van der Waals surface area contributed by atoms with Crippen molar-refractivity contribution in [2.24, 2.45) is 0 Å². The van der Waals surface area contributed by atoms with Crippen LogP contribution < -0.4 is 0 Å². The van der Waals surface area contributed by atoms with Crippen LogP contribution >= 0.6 is 7.14 Å². The number of benzene rings is 1. The molecule has 0 radical (unpaired) electrons. The van der Waals surface area contributed by atoms with Crippen molar-refractivity contribution in [1.82, 2.24) is 0 Å². The molecule has 1 saturated carbocycles. The summed E-state index contributed by atoms with van der Waals surface area (Å²) in [7, 11) is -3.37. The van der Waals surface area contributed by atoms with E-state index in [0.29, 0.717) is 12.2 Å². The van der Waals surface area contributed by atoms with Crippen LogP contribution in [-0.4, -0.2) is 29.9 Å². The summed E-state index contributed by atoms with van der Waals surface area (Å²) in [6.45, 7) is 8.18. The molecule has 0 heterocycles. The van der Waals surface area contributed by atoms with Crippen molar-refractivity contribution in [2.45, 2.75) is 78.3 Å². The Morgan fingerprint density at radius 3 is 2.22 bits per heavy atom. The topological polar surface area (TPSA) is 60.4 Å². The van der Waals surface area contributed by atoms with Crippen molar-refractivity contribution in [3.8, 4) is 0 Å². The minimum absolute atomic E-state index is 0.187. The van der Waals surface area contributed by atoms with Crippen molar-refractivity contribution in [1.29, 1.82) is 0 Å². The predicted octanol–water partition coefficient (Wildman–Crippen LogP) is 5.79. The van der Waals surface area contributed by atoms with E-state index in [9.17, 15) is 14.2 Å². The van der Waals surface area contributed by atoms with Gasteiger partial charge in [-0.25, -0.2) is 0 Å². The third-order valence-corrected chi connectivity index (χ3v) is 8.86. The number of aryl methyl sites for hydroxylation is 3. The molecular weight excluding hydrogens is 359 g/mol. The fourth-order valence-corrected chi connectivity index (χ4v) is 7.31. The van der Waals surface area contributed by atoms with Crippen LogP contribution in [0.5, 0.6) is 0 Å². The molecule has 0 spiro atoms. The highest BCUT2D eigenvalue weighted by atomic mass is 31.2. The van der Waals surface area contributed by atoms with Crippen LogP contribution in [0.15, 0.2) is 12.1 Å². The van der Waals surface area contributed by atoms with Crippen molar-refractivity contribution >= 4 is 18.6 Å². The van der Waals surface area contributed by atoms with Gasteiger partial charge in [0.1, 0.15) is 6.16 Å². The molecular formula is C22H33O4P. The van der Waals surface area contributed by atoms with Gasteiger partial charge < -0.3 is 9.30 Å². The molecule has 5 heteroatoms. The number of ether oxygens (including phenoxy) is 1. The van der Waals surface area contributed by atoms with Gasteiger partial charge in [0.25, 0.3) is 0 Å². The van der Waals surface area contributed by atoms with E-state index < -0.39 is 13.1 Å². The van der Waals surface area contributed by atoms with E-state index in [1.165, 1.54) is 0 Å². The van der Waals surface area contributed by atoms with Crippen molar-refractivity contribution < 1.29 is 18.9 Å². The number of carbonyl (C=O) groups excluding carboxylic acids is 2. The molecule has 1 fully saturated rings. The maximum absolute atomic E-state index is 14.0. The van der Waals surface area contributed by atoms with Crippen LogP contribution in [0.3, 0.4) is 0 Å². The summed E-state index contributed by atoms with van der Waals surface area (Å²) in [6, 6.07) is 3.89. The Labute approximate surface area is 163 Å². The lowest BCUT2D eigenvalue weighted by atomic mass is 10.0.